The van der Waals surface area contributed by atoms with Crippen molar-refractivity contribution >= 4 is 17.9 Å². The molecule has 0 bridgehead atoms. The first-order valence-corrected chi connectivity index (χ1v) is 11.4. The summed E-state index contributed by atoms with van der Waals surface area (Å²) in [6.07, 6.45) is 2.98. The van der Waals surface area contributed by atoms with Crippen molar-refractivity contribution in [2.45, 2.75) is 25.2 Å². The highest BCUT2D eigenvalue weighted by Crippen LogP contribution is 2.32. The number of nitrogens with one attached hydrogen (secondary N) is 1. The van der Waals surface area contributed by atoms with Crippen molar-refractivity contribution in [3.63, 3.8) is 0 Å². The average Bonchev–Trinajstić information content (AvgIpc) is 3.28. The molecule has 0 aliphatic heterocycles. The molecule has 0 radical (unpaired) electrons. The van der Waals surface area contributed by atoms with E-state index in [-0.39, 0.29) is 22.7 Å². The number of para-hydroxylation sites is 1. The van der Waals surface area contributed by atoms with Crippen molar-refractivity contribution in [3.05, 3.63) is 71.8 Å². The van der Waals surface area contributed by atoms with Crippen LogP contribution in [0.2, 0.25) is 0 Å². The second-order valence-corrected chi connectivity index (χ2v) is 8.70. The fourth-order valence-electron chi connectivity index (χ4n) is 3.35. The molecule has 1 N–H and O–H groups in total. The van der Waals surface area contributed by atoms with Gasteiger partial charge in [0, 0.05) is 25.6 Å². The summed E-state index contributed by atoms with van der Waals surface area (Å²) in [6, 6.07) is 8.62. The first-order valence-electron chi connectivity index (χ1n) is 10.6. The summed E-state index contributed by atoms with van der Waals surface area (Å²) in [5.74, 6) is -0.484. The number of aryl methyl sites for hydroxylation is 1. The molecular formula is C23H23F2N7O2S. The molecule has 3 heterocycles. The Hall–Kier alpha value is -3.64. The van der Waals surface area contributed by atoms with Crippen molar-refractivity contribution < 1.29 is 18.3 Å². The van der Waals surface area contributed by atoms with Crippen LogP contribution in [-0.4, -0.2) is 49.2 Å². The van der Waals surface area contributed by atoms with E-state index in [1.54, 1.807) is 37.7 Å². The maximum atomic E-state index is 14.8. The molecule has 12 heteroatoms. The zero-order valence-corrected chi connectivity index (χ0v) is 20.3. The van der Waals surface area contributed by atoms with Crippen LogP contribution in [0.25, 0.3) is 17.2 Å². The molecule has 182 valence electrons. The van der Waals surface area contributed by atoms with Gasteiger partial charge in [0.05, 0.1) is 12.4 Å². The highest BCUT2D eigenvalue weighted by molar-refractivity contribution is 8.01. The molecule has 0 fully saturated rings. The highest BCUT2D eigenvalue weighted by Gasteiger charge is 2.26. The first-order chi connectivity index (χ1) is 16.9. The number of hydrogen-bond acceptors (Lipinski definition) is 9. The molecule has 0 saturated heterocycles. The largest absolute Gasteiger partial charge is 0.481 e. The molecule has 0 saturated carbocycles. The lowest BCUT2D eigenvalue weighted by atomic mass is 10.2. The Bertz CT molecular complexity index is 1280. The molecule has 4 rings (SSSR count). The zero-order chi connectivity index (χ0) is 24.9. The van der Waals surface area contributed by atoms with E-state index < -0.39 is 17.7 Å². The molecule has 2 unspecified atom stereocenters. The van der Waals surface area contributed by atoms with Crippen molar-refractivity contribution in [1.29, 1.82) is 0 Å². The number of nitrogens with zero attached hydrogens (tertiary/aromatic N) is 6. The van der Waals surface area contributed by atoms with Crippen LogP contribution in [0, 0.1) is 18.6 Å². The summed E-state index contributed by atoms with van der Waals surface area (Å²) in [4.78, 5) is 13.0. The molecule has 0 amide bonds. The normalized spacial score (nSPS) is 12.9. The molecule has 0 aliphatic carbocycles. The van der Waals surface area contributed by atoms with Gasteiger partial charge in [-0.3, -0.25) is 9.29 Å². The van der Waals surface area contributed by atoms with E-state index in [1.807, 2.05) is 13.8 Å². The van der Waals surface area contributed by atoms with Crippen LogP contribution in [0.1, 0.15) is 24.4 Å². The third-order valence-corrected chi connectivity index (χ3v) is 5.98. The number of benzene rings is 1. The number of ether oxygens (including phenoxy) is 2. The summed E-state index contributed by atoms with van der Waals surface area (Å²) in [5.41, 5.74) is 0.923. The maximum Gasteiger partial charge on any atom is 0.239 e. The minimum atomic E-state index is -0.780. The molecule has 9 nitrogen and oxygen atoms in total. The number of methoxy groups -OCH3 is 2. The van der Waals surface area contributed by atoms with Crippen LogP contribution >= 0.6 is 11.9 Å². The van der Waals surface area contributed by atoms with Crippen LogP contribution in [0.3, 0.4) is 0 Å². The molecule has 0 aliphatic rings. The Morgan fingerprint density at radius 2 is 1.69 bits per heavy atom. The van der Waals surface area contributed by atoms with Gasteiger partial charge in [-0.1, -0.05) is 12.1 Å². The van der Waals surface area contributed by atoms with E-state index in [9.17, 15) is 8.78 Å². The van der Waals surface area contributed by atoms with Crippen LogP contribution in [0.5, 0.6) is 5.88 Å². The summed E-state index contributed by atoms with van der Waals surface area (Å²) >= 11 is 1.23. The standard InChI is InChI=1S/C23H23F2N7O2S/c1-13-11-26-21(27-12-13)20(34-4)14(2)35-31-23-30-29-22(17-9-6-10-18(28-17)33-3)32(23)19-15(24)7-5-8-16(19)25/h5-12,14,20H,1-4H3,(H,30,31). The van der Waals surface area contributed by atoms with Crippen LogP contribution in [-0.2, 0) is 4.74 Å². The molecular weight excluding hydrogens is 476 g/mol. The van der Waals surface area contributed by atoms with E-state index in [1.165, 1.54) is 29.7 Å². The van der Waals surface area contributed by atoms with Gasteiger partial charge in [-0.05, 0) is 49.6 Å². The van der Waals surface area contributed by atoms with Crippen molar-refractivity contribution in [1.82, 2.24) is 29.7 Å². The summed E-state index contributed by atoms with van der Waals surface area (Å²) < 4.78 is 44.8. The average molecular weight is 500 g/mol. The topological polar surface area (TPSA) is 99.9 Å². The van der Waals surface area contributed by atoms with Crippen LogP contribution < -0.4 is 9.46 Å². The first kappa shape index (κ1) is 24.5. The van der Waals surface area contributed by atoms with Gasteiger partial charge < -0.3 is 9.47 Å². The highest BCUT2D eigenvalue weighted by atomic mass is 32.2. The maximum absolute atomic E-state index is 14.8. The molecule has 35 heavy (non-hydrogen) atoms. The number of rotatable bonds is 9. The van der Waals surface area contributed by atoms with Crippen LogP contribution in [0.4, 0.5) is 14.7 Å². The lowest BCUT2D eigenvalue weighted by Gasteiger charge is -2.21. The lowest BCUT2D eigenvalue weighted by molar-refractivity contribution is 0.0972. The molecule has 2 atom stereocenters. The van der Waals surface area contributed by atoms with Gasteiger partial charge in [-0.25, -0.2) is 23.7 Å². The Labute approximate surface area is 205 Å². The summed E-state index contributed by atoms with van der Waals surface area (Å²) in [7, 11) is 3.04. The minimum Gasteiger partial charge on any atom is -0.481 e. The fourth-order valence-corrected chi connectivity index (χ4v) is 4.13. The van der Waals surface area contributed by atoms with Gasteiger partial charge in [-0.15, -0.1) is 10.2 Å². The monoisotopic (exact) mass is 499 g/mol. The van der Waals surface area contributed by atoms with E-state index in [0.29, 0.717) is 17.4 Å². The Morgan fingerprint density at radius 3 is 2.34 bits per heavy atom. The van der Waals surface area contributed by atoms with E-state index >= 15 is 0 Å². The van der Waals surface area contributed by atoms with Gasteiger partial charge in [0.25, 0.3) is 0 Å². The molecule has 1 aromatic carbocycles. The second-order valence-electron chi connectivity index (χ2n) is 7.52. The summed E-state index contributed by atoms with van der Waals surface area (Å²) in [5, 5.41) is 8.09. The third-order valence-electron chi connectivity index (χ3n) is 5.06. The van der Waals surface area contributed by atoms with Gasteiger partial charge in [0.1, 0.15) is 29.1 Å². The fraction of sp³-hybridized carbons (Fsp3) is 0.261. The molecule has 3 aromatic heterocycles. The second kappa shape index (κ2) is 10.7. The quantitative estimate of drug-likeness (QED) is 0.332. The SMILES string of the molecule is COc1cccc(-c2nnc(NSC(C)C(OC)c3ncc(C)cn3)n2-c2c(F)cccc2F)n1. The predicted molar refractivity (Wildman–Crippen MR) is 128 cm³/mol. The number of anilines is 1. The Morgan fingerprint density at radius 1 is 1.00 bits per heavy atom. The third kappa shape index (κ3) is 5.23. The van der Waals surface area contributed by atoms with Crippen molar-refractivity contribution in [2.24, 2.45) is 0 Å². The van der Waals surface area contributed by atoms with Crippen molar-refractivity contribution in [2.75, 3.05) is 18.9 Å². The Balaban J connectivity index is 1.69. The molecule has 0 spiro atoms. The van der Waals surface area contributed by atoms with Gasteiger partial charge in [0.2, 0.25) is 11.8 Å². The van der Waals surface area contributed by atoms with Crippen molar-refractivity contribution in [3.8, 4) is 23.1 Å². The molecule has 4 aromatic rings. The number of aromatic nitrogens is 6. The minimum absolute atomic E-state index is 0.102. The van der Waals surface area contributed by atoms with E-state index in [0.717, 1.165) is 17.7 Å². The lowest BCUT2D eigenvalue weighted by Crippen LogP contribution is -2.19. The van der Waals surface area contributed by atoms with E-state index in [2.05, 4.69) is 29.9 Å². The van der Waals surface area contributed by atoms with Crippen LogP contribution in [0.15, 0.2) is 48.8 Å². The van der Waals surface area contributed by atoms with Gasteiger partial charge in [0.15, 0.2) is 11.6 Å². The van der Waals surface area contributed by atoms with Gasteiger partial charge >= 0.3 is 0 Å². The zero-order valence-electron chi connectivity index (χ0n) is 19.4. The summed E-state index contributed by atoms with van der Waals surface area (Å²) in [6.45, 7) is 3.80. The number of hydrogen-bond donors (Lipinski definition) is 1. The number of halogens is 2. The van der Waals surface area contributed by atoms with Gasteiger partial charge in [-0.2, -0.15) is 0 Å². The smallest absolute Gasteiger partial charge is 0.239 e. The predicted octanol–water partition coefficient (Wildman–Crippen LogP) is 4.55. The van der Waals surface area contributed by atoms with E-state index in [4.69, 9.17) is 9.47 Å². The Kier molecular flexibility index (Phi) is 7.51. The number of pyridine rings is 1.